The first-order valence-electron chi connectivity index (χ1n) is 15.1. The van der Waals surface area contributed by atoms with Gasteiger partial charge in [-0.3, -0.25) is 0 Å². The molecular weight excluding hydrogens is 546 g/mol. The summed E-state index contributed by atoms with van der Waals surface area (Å²) in [5, 5.41) is 19.6. The molecule has 3 aromatic carbocycles. The third-order valence-corrected chi connectivity index (χ3v) is 6.94. The molecule has 4 rings (SSSR count). The molecule has 0 saturated carbocycles. The van der Waals surface area contributed by atoms with Crippen LogP contribution in [0, 0.1) is 0 Å². The number of unbranched alkanes of at least 4 members (excludes halogenated alkanes) is 2. The number of nitrogens with one attached hydrogen (secondary N) is 3. The summed E-state index contributed by atoms with van der Waals surface area (Å²) in [6.07, 6.45) is 3.36. The second-order valence-electron chi connectivity index (χ2n) is 11.1. The highest BCUT2D eigenvalue weighted by molar-refractivity contribution is 5.99. The zero-order valence-corrected chi connectivity index (χ0v) is 25.3. The molecule has 1 unspecified atom stereocenters. The van der Waals surface area contributed by atoms with Gasteiger partial charge in [0.15, 0.2) is 0 Å². The minimum absolute atomic E-state index is 0.283. The van der Waals surface area contributed by atoms with Crippen LogP contribution in [0.2, 0.25) is 0 Å². The lowest BCUT2D eigenvalue weighted by atomic mass is 10.0. The average Bonchev–Trinajstić information content (AvgIpc) is 2.99. The van der Waals surface area contributed by atoms with Crippen molar-refractivity contribution in [1.29, 1.82) is 0 Å². The molecule has 0 spiro atoms. The first kappa shape index (κ1) is 32.4. The molecule has 232 valence electrons. The molecular formula is C34H45N3O6. The predicted octanol–water partition coefficient (Wildman–Crippen LogP) is 6.39. The van der Waals surface area contributed by atoms with E-state index in [-0.39, 0.29) is 6.03 Å². The van der Waals surface area contributed by atoms with Crippen molar-refractivity contribution in [3.05, 3.63) is 89.5 Å². The third kappa shape index (κ3) is 11.6. The van der Waals surface area contributed by atoms with Gasteiger partial charge in [0.1, 0.15) is 5.75 Å². The normalized spacial score (nSPS) is 14.4. The highest BCUT2D eigenvalue weighted by atomic mass is 16.7. The van der Waals surface area contributed by atoms with Crippen molar-refractivity contribution in [3.8, 4) is 5.75 Å². The minimum atomic E-state index is -0.618. The van der Waals surface area contributed by atoms with E-state index in [1.54, 1.807) is 0 Å². The maximum atomic E-state index is 12.2. The standard InChI is InChI=1S/C34H45N3O6/c1-34(2)42-25-28-22-27(15-16-32(28)43-34)31(38)23-35-17-7-4-8-18-40-19-10-20-41-24-26-11-9-14-30(21-26)37-33(39)36-29-12-5-3-6-13-29/h3,5-6,9,11-16,21-22,31,35,38H,4,7-8,10,17-20,23-25H2,1-2H3,(H2,36,37,39). The Balaban J connectivity index is 0.970. The molecule has 0 saturated heterocycles. The molecule has 1 aliphatic rings. The van der Waals surface area contributed by atoms with E-state index in [1.165, 1.54) is 0 Å². The van der Waals surface area contributed by atoms with Crippen LogP contribution in [0.15, 0.2) is 72.8 Å². The van der Waals surface area contributed by atoms with Gasteiger partial charge >= 0.3 is 6.03 Å². The van der Waals surface area contributed by atoms with Crippen molar-refractivity contribution in [1.82, 2.24) is 5.32 Å². The molecule has 0 bridgehead atoms. The summed E-state index contributed by atoms with van der Waals surface area (Å²) in [5.41, 5.74) is 4.28. The van der Waals surface area contributed by atoms with Gasteiger partial charge < -0.3 is 40.0 Å². The van der Waals surface area contributed by atoms with Crippen LogP contribution in [0.25, 0.3) is 0 Å². The number of hydrogen-bond donors (Lipinski definition) is 4. The first-order chi connectivity index (χ1) is 20.9. The number of benzene rings is 3. The Kier molecular flexibility index (Phi) is 12.8. The van der Waals surface area contributed by atoms with Gasteiger partial charge in [0, 0.05) is 57.2 Å². The molecule has 2 amide bonds. The summed E-state index contributed by atoms with van der Waals surface area (Å²) in [5.74, 6) is 0.198. The van der Waals surface area contributed by atoms with E-state index in [1.807, 2.05) is 86.6 Å². The number of anilines is 2. The second-order valence-corrected chi connectivity index (χ2v) is 11.1. The Morgan fingerprint density at radius 1 is 0.884 bits per heavy atom. The van der Waals surface area contributed by atoms with Crippen LogP contribution in [0.4, 0.5) is 16.2 Å². The van der Waals surface area contributed by atoms with Crippen LogP contribution < -0.4 is 20.7 Å². The number of amides is 2. The SMILES string of the molecule is CC1(C)OCc2cc(C(O)CNCCCCCOCCCOCc3cccc(NC(=O)Nc4ccccc4)c3)ccc2O1. The fourth-order valence-corrected chi connectivity index (χ4v) is 4.66. The number of aliphatic hydroxyl groups is 1. The number of ether oxygens (including phenoxy) is 4. The number of carbonyl (C=O) groups is 1. The number of para-hydroxylation sites is 1. The van der Waals surface area contributed by atoms with Gasteiger partial charge in [-0.05, 0) is 79.8 Å². The van der Waals surface area contributed by atoms with Gasteiger partial charge in [0.2, 0.25) is 5.79 Å². The largest absolute Gasteiger partial charge is 0.463 e. The molecule has 1 aliphatic heterocycles. The molecule has 9 nitrogen and oxygen atoms in total. The molecule has 9 heteroatoms. The summed E-state index contributed by atoms with van der Waals surface area (Å²) >= 11 is 0. The van der Waals surface area contributed by atoms with Crippen molar-refractivity contribution in [3.63, 3.8) is 0 Å². The van der Waals surface area contributed by atoms with Gasteiger partial charge in [-0.15, -0.1) is 0 Å². The average molecular weight is 592 g/mol. The maximum Gasteiger partial charge on any atom is 0.323 e. The predicted molar refractivity (Wildman–Crippen MR) is 168 cm³/mol. The van der Waals surface area contributed by atoms with Gasteiger partial charge in [0.25, 0.3) is 0 Å². The van der Waals surface area contributed by atoms with E-state index in [9.17, 15) is 9.90 Å². The zero-order chi connectivity index (χ0) is 30.3. The van der Waals surface area contributed by atoms with Gasteiger partial charge in [-0.25, -0.2) is 4.79 Å². The highest BCUT2D eigenvalue weighted by Gasteiger charge is 2.27. The first-order valence-corrected chi connectivity index (χ1v) is 15.1. The lowest BCUT2D eigenvalue weighted by Crippen LogP contribution is -2.35. The lowest BCUT2D eigenvalue weighted by Gasteiger charge is -2.33. The Morgan fingerprint density at radius 2 is 1.65 bits per heavy atom. The van der Waals surface area contributed by atoms with Crippen molar-refractivity contribution in [2.45, 2.75) is 64.6 Å². The van der Waals surface area contributed by atoms with Crippen molar-refractivity contribution >= 4 is 17.4 Å². The maximum absolute atomic E-state index is 12.2. The fourth-order valence-electron chi connectivity index (χ4n) is 4.66. The molecule has 1 heterocycles. The zero-order valence-electron chi connectivity index (χ0n) is 25.3. The third-order valence-electron chi connectivity index (χ3n) is 6.94. The molecule has 1 atom stereocenters. The summed E-state index contributed by atoms with van der Waals surface area (Å²) in [7, 11) is 0. The van der Waals surface area contributed by atoms with E-state index in [2.05, 4.69) is 16.0 Å². The number of aliphatic hydroxyl groups excluding tert-OH is 1. The Hall–Kier alpha value is -3.47. The van der Waals surface area contributed by atoms with Crippen LogP contribution in [-0.4, -0.2) is 49.8 Å². The lowest BCUT2D eigenvalue weighted by molar-refractivity contribution is -0.180. The van der Waals surface area contributed by atoms with Crippen LogP contribution in [-0.2, 0) is 27.4 Å². The Labute approximate surface area is 254 Å². The van der Waals surface area contributed by atoms with Crippen molar-refractivity contribution in [2.75, 3.05) is 43.5 Å². The van der Waals surface area contributed by atoms with E-state index < -0.39 is 11.9 Å². The quantitative estimate of drug-likeness (QED) is 0.135. The van der Waals surface area contributed by atoms with Gasteiger partial charge in [-0.2, -0.15) is 0 Å². The van der Waals surface area contributed by atoms with Crippen molar-refractivity contribution in [2.24, 2.45) is 0 Å². The smallest absolute Gasteiger partial charge is 0.323 e. The fraction of sp³-hybridized carbons (Fsp3) is 0.441. The van der Waals surface area contributed by atoms with E-state index in [0.29, 0.717) is 38.7 Å². The van der Waals surface area contributed by atoms with Crippen LogP contribution in [0.1, 0.15) is 62.3 Å². The minimum Gasteiger partial charge on any atom is -0.463 e. The molecule has 0 aliphatic carbocycles. The number of fused-ring (bicyclic) bond motifs is 1. The topological polar surface area (TPSA) is 110 Å². The second kappa shape index (κ2) is 17.0. The summed E-state index contributed by atoms with van der Waals surface area (Å²) in [6.45, 7) is 8.12. The molecule has 0 radical (unpaired) electrons. The van der Waals surface area contributed by atoms with Gasteiger partial charge in [0.05, 0.1) is 19.3 Å². The summed E-state index contributed by atoms with van der Waals surface area (Å²) in [6, 6.07) is 22.5. The Morgan fingerprint density at radius 3 is 2.51 bits per heavy atom. The van der Waals surface area contributed by atoms with Crippen LogP contribution in [0.3, 0.4) is 0 Å². The number of rotatable bonds is 17. The van der Waals surface area contributed by atoms with Crippen molar-refractivity contribution < 1.29 is 28.8 Å². The molecule has 0 aromatic heterocycles. The molecule has 43 heavy (non-hydrogen) atoms. The monoisotopic (exact) mass is 591 g/mol. The molecule has 0 fully saturated rings. The van der Waals surface area contributed by atoms with E-state index >= 15 is 0 Å². The number of carbonyl (C=O) groups excluding carboxylic acids is 1. The van der Waals surface area contributed by atoms with E-state index in [4.69, 9.17) is 18.9 Å². The molecule has 3 aromatic rings. The summed E-state index contributed by atoms with van der Waals surface area (Å²) in [4.78, 5) is 12.2. The summed E-state index contributed by atoms with van der Waals surface area (Å²) < 4.78 is 23.1. The van der Waals surface area contributed by atoms with Crippen LogP contribution >= 0.6 is 0 Å². The molecule has 4 N–H and O–H groups in total. The van der Waals surface area contributed by atoms with Gasteiger partial charge in [-0.1, -0.05) is 36.4 Å². The number of hydrogen-bond acceptors (Lipinski definition) is 7. The Bertz CT molecular complexity index is 1270. The highest BCUT2D eigenvalue weighted by Crippen LogP contribution is 2.32. The van der Waals surface area contributed by atoms with Crippen LogP contribution in [0.5, 0.6) is 5.75 Å². The number of urea groups is 1. The van der Waals surface area contributed by atoms with E-state index in [0.717, 1.165) is 67.0 Å².